The molecule has 32 heavy (non-hydrogen) atoms. The summed E-state index contributed by atoms with van der Waals surface area (Å²) in [6, 6.07) is 16.4. The third-order valence-corrected chi connectivity index (χ3v) is 6.84. The highest BCUT2D eigenvalue weighted by Crippen LogP contribution is 2.39. The van der Waals surface area contributed by atoms with Crippen molar-refractivity contribution in [3.8, 4) is 5.75 Å². The number of carbonyl (C=O) groups is 2. The number of hydrogen-bond donors (Lipinski definition) is 2. The number of anilines is 1. The van der Waals surface area contributed by atoms with Crippen molar-refractivity contribution in [3.05, 3.63) is 59.7 Å². The number of carbonyl (C=O) groups excluding carboxylic acids is 2. The number of ether oxygens (including phenoxy) is 1. The van der Waals surface area contributed by atoms with Crippen molar-refractivity contribution in [2.24, 2.45) is 0 Å². The summed E-state index contributed by atoms with van der Waals surface area (Å²) in [5.41, 5.74) is 2.67. The summed E-state index contributed by atoms with van der Waals surface area (Å²) >= 11 is 0. The summed E-state index contributed by atoms with van der Waals surface area (Å²) in [6.07, 6.45) is 3.98. The van der Waals surface area contributed by atoms with E-state index in [-0.39, 0.29) is 36.0 Å². The first-order valence-electron chi connectivity index (χ1n) is 11.4. The Kier molecular flexibility index (Phi) is 6.51. The molecule has 6 nitrogen and oxygen atoms in total. The van der Waals surface area contributed by atoms with Crippen LogP contribution in [-0.2, 0) is 16.0 Å². The van der Waals surface area contributed by atoms with Gasteiger partial charge in [0.25, 0.3) is 0 Å². The molecular formula is C26H33N3O3. The van der Waals surface area contributed by atoms with Crippen LogP contribution in [0.2, 0.25) is 0 Å². The molecule has 170 valence electrons. The lowest BCUT2D eigenvalue weighted by Crippen LogP contribution is -2.54. The van der Waals surface area contributed by atoms with Crippen molar-refractivity contribution in [1.29, 1.82) is 0 Å². The highest BCUT2D eigenvalue weighted by molar-refractivity contribution is 5.94. The lowest BCUT2D eigenvalue weighted by molar-refractivity contribution is -0.122. The third-order valence-electron chi connectivity index (χ3n) is 6.84. The van der Waals surface area contributed by atoms with E-state index in [4.69, 9.17) is 4.74 Å². The highest BCUT2D eigenvalue weighted by atomic mass is 16.5. The van der Waals surface area contributed by atoms with E-state index in [0.717, 1.165) is 31.2 Å². The predicted octanol–water partition coefficient (Wildman–Crippen LogP) is 3.69. The van der Waals surface area contributed by atoms with Gasteiger partial charge in [-0.05, 0) is 62.8 Å². The van der Waals surface area contributed by atoms with Gasteiger partial charge in [-0.2, -0.15) is 0 Å². The fourth-order valence-electron chi connectivity index (χ4n) is 5.41. The van der Waals surface area contributed by atoms with Crippen LogP contribution in [0.5, 0.6) is 5.75 Å². The van der Waals surface area contributed by atoms with E-state index in [0.29, 0.717) is 17.9 Å². The van der Waals surface area contributed by atoms with Crippen LogP contribution in [0, 0.1) is 6.92 Å². The van der Waals surface area contributed by atoms with Crippen LogP contribution in [0.15, 0.2) is 48.5 Å². The molecule has 2 amide bonds. The van der Waals surface area contributed by atoms with Crippen LogP contribution in [0.4, 0.5) is 5.69 Å². The molecule has 2 aliphatic heterocycles. The Morgan fingerprint density at radius 2 is 2.03 bits per heavy atom. The fraction of sp³-hybridized carbons (Fsp3) is 0.462. The molecule has 0 aromatic heterocycles. The van der Waals surface area contributed by atoms with E-state index in [1.54, 1.807) is 7.11 Å². The number of fused-ring (bicyclic) bond motifs is 1. The average molecular weight is 436 g/mol. The summed E-state index contributed by atoms with van der Waals surface area (Å²) < 4.78 is 5.43. The molecule has 2 saturated heterocycles. The normalized spacial score (nSPS) is 25.5. The van der Waals surface area contributed by atoms with E-state index >= 15 is 0 Å². The number of amides is 2. The van der Waals surface area contributed by atoms with E-state index in [2.05, 4.69) is 34.6 Å². The van der Waals surface area contributed by atoms with Crippen molar-refractivity contribution in [1.82, 2.24) is 10.2 Å². The predicted molar refractivity (Wildman–Crippen MR) is 126 cm³/mol. The number of likely N-dealkylation sites (tertiary alicyclic amines) is 1. The quantitative estimate of drug-likeness (QED) is 0.726. The molecule has 6 heteroatoms. The van der Waals surface area contributed by atoms with Gasteiger partial charge in [0.15, 0.2) is 0 Å². The molecule has 0 radical (unpaired) electrons. The molecule has 0 unspecified atom stereocenters. The van der Waals surface area contributed by atoms with E-state index in [1.165, 1.54) is 5.56 Å². The molecular weight excluding hydrogens is 402 g/mol. The monoisotopic (exact) mass is 435 g/mol. The highest BCUT2D eigenvalue weighted by Gasteiger charge is 2.50. The van der Waals surface area contributed by atoms with Gasteiger partial charge in [-0.25, -0.2) is 0 Å². The van der Waals surface area contributed by atoms with E-state index in [1.807, 2.05) is 43.3 Å². The summed E-state index contributed by atoms with van der Waals surface area (Å²) in [4.78, 5) is 27.8. The molecule has 2 heterocycles. The Balaban J connectivity index is 1.57. The van der Waals surface area contributed by atoms with Gasteiger partial charge in [0, 0.05) is 18.5 Å². The van der Waals surface area contributed by atoms with Gasteiger partial charge in [-0.3, -0.25) is 14.5 Å². The maximum atomic E-state index is 13.2. The number of nitrogens with one attached hydrogen (secondary N) is 2. The van der Waals surface area contributed by atoms with Gasteiger partial charge in [0.1, 0.15) is 5.75 Å². The Morgan fingerprint density at radius 3 is 2.78 bits per heavy atom. The van der Waals surface area contributed by atoms with Crippen LogP contribution >= 0.6 is 0 Å². The second-order valence-electron chi connectivity index (χ2n) is 9.35. The van der Waals surface area contributed by atoms with Crippen LogP contribution in [-0.4, -0.2) is 48.0 Å². The zero-order valence-corrected chi connectivity index (χ0v) is 19.2. The van der Waals surface area contributed by atoms with Crippen molar-refractivity contribution in [2.45, 2.75) is 63.6 Å². The Morgan fingerprint density at radius 1 is 1.25 bits per heavy atom. The molecule has 0 spiro atoms. The van der Waals surface area contributed by atoms with Crippen molar-refractivity contribution < 1.29 is 14.3 Å². The van der Waals surface area contributed by atoms with Gasteiger partial charge in [0.2, 0.25) is 11.8 Å². The van der Waals surface area contributed by atoms with Crippen LogP contribution in [0.3, 0.4) is 0 Å². The van der Waals surface area contributed by atoms with Gasteiger partial charge < -0.3 is 15.4 Å². The van der Waals surface area contributed by atoms with Crippen molar-refractivity contribution >= 4 is 17.5 Å². The molecule has 2 fully saturated rings. The average Bonchev–Trinajstić information content (AvgIpc) is 2.89. The molecule has 2 aromatic carbocycles. The number of aryl methyl sites for hydroxylation is 1. The topological polar surface area (TPSA) is 70.7 Å². The Hall–Kier alpha value is -2.86. The second-order valence-corrected chi connectivity index (χ2v) is 9.35. The maximum absolute atomic E-state index is 13.2. The molecule has 0 bridgehead atoms. The molecule has 0 aliphatic carbocycles. The lowest BCUT2D eigenvalue weighted by Gasteiger charge is -2.34. The number of methoxy groups -OCH3 is 1. The SMILES string of the molecule is COc1ccc(C)cc1NC(=O)CN1[C@H](Cc2ccccc2)C[C@]2(C)NC(=O)CCC[C@H]12. The molecule has 2 aromatic rings. The van der Waals surface area contributed by atoms with Gasteiger partial charge in [-0.1, -0.05) is 36.4 Å². The van der Waals surface area contributed by atoms with Crippen LogP contribution < -0.4 is 15.4 Å². The number of nitrogens with zero attached hydrogens (tertiary/aromatic N) is 1. The molecule has 3 atom stereocenters. The molecule has 2 N–H and O–H groups in total. The minimum absolute atomic E-state index is 0.0632. The molecule has 4 rings (SSSR count). The van der Waals surface area contributed by atoms with Crippen molar-refractivity contribution in [3.63, 3.8) is 0 Å². The first-order valence-corrected chi connectivity index (χ1v) is 11.4. The largest absolute Gasteiger partial charge is 0.495 e. The standard InChI is InChI=1S/C26H33N3O3/c1-18-12-13-22(32-3)21(14-18)27-25(31)17-29-20(15-19-8-5-4-6-9-19)16-26(2)23(29)10-7-11-24(30)28-26/h4-6,8-9,12-14,20,23H,7,10-11,15-17H2,1-3H3,(H,27,31)(H,28,30)/t20-,23+,26+/m1/s1. The summed E-state index contributed by atoms with van der Waals surface area (Å²) in [6.45, 7) is 4.41. The first-order chi connectivity index (χ1) is 15.4. The Bertz CT molecular complexity index is 978. The first kappa shape index (κ1) is 22.3. The zero-order chi connectivity index (χ0) is 22.7. The van der Waals surface area contributed by atoms with Gasteiger partial charge in [0.05, 0.1) is 24.9 Å². The minimum atomic E-state index is -0.325. The number of benzene rings is 2. The van der Waals surface area contributed by atoms with Crippen molar-refractivity contribution in [2.75, 3.05) is 19.0 Å². The molecule has 0 saturated carbocycles. The number of rotatable bonds is 6. The summed E-state index contributed by atoms with van der Waals surface area (Å²) in [5.74, 6) is 0.703. The zero-order valence-electron chi connectivity index (χ0n) is 19.2. The number of hydrogen-bond acceptors (Lipinski definition) is 4. The molecule has 2 aliphatic rings. The summed E-state index contributed by atoms with van der Waals surface area (Å²) in [7, 11) is 1.61. The third kappa shape index (κ3) is 4.80. The van der Waals surface area contributed by atoms with E-state index < -0.39 is 0 Å². The van der Waals surface area contributed by atoms with Gasteiger partial charge in [-0.15, -0.1) is 0 Å². The maximum Gasteiger partial charge on any atom is 0.238 e. The van der Waals surface area contributed by atoms with Gasteiger partial charge >= 0.3 is 0 Å². The fourth-order valence-corrected chi connectivity index (χ4v) is 5.41. The Labute approximate surface area is 190 Å². The van der Waals surface area contributed by atoms with E-state index in [9.17, 15) is 9.59 Å². The van der Waals surface area contributed by atoms with Crippen LogP contribution in [0.1, 0.15) is 43.7 Å². The smallest absolute Gasteiger partial charge is 0.238 e. The summed E-state index contributed by atoms with van der Waals surface area (Å²) in [5, 5.41) is 6.33. The minimum Gasteiger partial charge on any atom is -0.495 e. The van der Waals surface area contributed by atoms with Crippen LogP contribution in [0.25, 0.3) is 0 Å². The lowest BCUT2D eigenvalue weighted by atomic mass is 9.89. The second kappa shape index (κ2) is 9.33.